The molecule has 90 valence electrons. The van der Waals surface area contributed by atoms with E-state index in [0.29, 0.717) is 18.2 Å². The smallest absolute Gasteiger partial charge is 0.139 e. The molecule has 1 aromatic rings. The van der Waals surface area contributed by atoms with Gasteiger partial charge in [0.2, 0.25) is 0 Å². The van der Waals surface area contributed by atoms with Crippen molar-refractivity contribution in [3.05, 3.63) is 29.3 Å². The lowest BCUT2D eigenvalue weighted by atomic mass is 9.82. The first-order chi connectivity index (χ1) is 8.16. The second kappa shape index (κ2) is 3.86. The number of carbonyl (C=O) groups is 1. The van der Waals surface area contributed by atoms with Gasteiger partial charge in [-0.2, -0.15) is 0 Å². The van der Waals surface area contributed by atoms with Gasteiger partial charge in [-0.1, -0.05) is 24.6 Å². The fourth-order valence-electron chi connectivity index (χ4n) is 3.31. The number of fused-ring (bicyclic) bond motifs is 3. The van der Waals surface area contributed by atoms with Crippen LogP contribution in [-0.4, -0.2) is 18.4 Å². The largest absolute Gasteiger partial charge is 0.367 e. The number of anilines is 1. The Kier molecular flexibility index (Phi) is 2.46. The minimum absolute atomic E-state index is 0.207. The maximum absolute atomic E-state index is 11.8. The number of Topliss-reactive ketones (excluding diaryl/α,β-unsaturated/α-hetero) is 1. The topological polar surface area (TPSA) is 20.3 Å². The molecule has 2 aliphatic rings. The van der Waals surface area contributed by atoms with E-state index in [-0.39, 0.29) is 5.92 Å². The fraction of sp³-hybridized carbons (Fsp3) is 0.533. The summed E-state index contributed by atoms with van der Waals surface area (Å²) in [6.07, 6.45) is 2.96. The SMILES string of the molecule is Cc1ccc2c(c1)CC[C@H]1[C@H](C)C(=O)CCN21. The monoisotopic (exact) mass is 229 g/mol. The highest BCUT2D eigenvalue weighted by molar-refractivity contribution is 5.84. The van der Waals surface area contributed by atoms with Crippen LogP contribution in [0.4, 0.5) is 5.69 Å². The molecule has 1 fully saturated rings. The van der Waals surface area contributed by atoms with Gasteiger partial charge < -0.3 is 4.90 Å². The second-order valence-electron chi connectivity index (χ2n) is 5.44. The molecule has 0 aromatic heterocycles. The van der Waals surface area contributed by atoms with Gasteiger partial charge in [0.1, 0.15) is 5.78 Å². The molecule has 1 saturated heterocycles. The van der Waals surface area contributed by atoms with Gasteiger partial charge in [0.15, 0.2) is 0 Å². The first-order valence-electron chi connectivity index (χ1n) is 6.55. The van der Waals surface area contributed by atoms with Crippen LogP contribution in [0.3, 0.4) is 0 Å². The van der Waals surface area contributed by atoms with Crippen molar-refractivity contribution in [2.45, 2.75) is 39.2 Å². The van der Waals surface area contributed by atoms with Crippen molar-refractivity contribution >= 4 is 11.5 Å². The summed E-state index contributed by atoms with van der Waals surface area (Å²) in [5.74, 6) is 0.653. The van der Waals surface area contributed by atoms with Crippen LogP contribution in [0.15, 0.2) is 18.2 Å². The summed E-state index contributed by atoms with van der Waals surface area (Å²) in [4.78, 5) is 14.3. The van der Waals surface area contributed by atoms with E-state index in [1.165, 1.54) is 16.8 Å². The van der Waals surface area contributed by atoms with Crippen LogP contribution in [0.1, 0.15) is 30.9 Å². The normalized spacial score (nSPS) is 27.6. The molecule has 0 bridgehead atoms. The number of aryl methyl sites for hydroxylation is 2. The van der Waals surface area contributed by atoms with E-state index in [1.54, 1.807) is 0 Å². The number of ketones is 1. The molecule has 2 heterocycles. The third-order valence-corrected chi connectivity index (χ3v) is 4.34. The molecule has 0 aliphatic carbocycles. The van der Waals surface area contributed by atoms with E-state index in [0.717, 1.165) is 19.4 Å². The maximum Gasteiger partial charge on any atom is 0.139 e. The highest BCUT2D eigenvalue weighted by Crippen LogP contribution is 2.36. The Labute approximate surface area is 103 Å². The molecular weight excluding hydrogens is 210 g/mol. The highest BCUT2D eigenvalue weighted by atomic mass is 16.1. The lowest BCUT2D eigenvalue weighted by molar-refractivity contribution is -0.124. The quantitative estimate of drug-likeness (QED) is 0.681. The molecule has 3 rings (SSSR count). The first kappa shape index (κ1) is 10.8. The lowest BCUT2D eigenvalue weighted by Gasteiger charge is -2.44. The molecule has 2 nitrogen and oxygen atoms in total. The summed E-state index contributed by atoms with van der Waals surface area (Å²) in [6, 6.07) is 7.15. The molecule has 0 unspecified atom stereocenters. The molecule has 2 atom stereocenters. The Balaban J connectivity index is 1.99. The summed E-state index contributed by atoms with van der Waals surface area (Å²) in [6.45, 7) is 5.15. The predicted molar refractivity (Wildman–Crippen MR) is 69.4 cm³/mol. The minimum Gasteiger partial charge on any atom is -0.367 e. The van der Waals surface area contributed by atoms with Crippen LogP contribution < -0.4 is 4.90 Å². The van der Waals surface area contributed by atoms with Crippen molar-refractivity contribution in [2.24, 2.45) is 5.92 Å². The average molecular weight is 229 g/mol. The molecule has 0 radical (unpaired) electrons. The summed E-state index contributed by atoms with van der Waals surface area (Å²) in [5, 5.41) is 0. The Morgan fingerprint density at radius 3 is 2.94 bits per heavy atom. The Morgan fingerprint density at radius 1 is 1.29 bits per heavy atom. The number of hydrogen-bond acceptors (Lipinski definition) is 2. The molecular formula is C15H19NO. The van der Waals surface area contributed by atoms with Gasteiger partial charge in [0.25, 0.3) is 0 Å². The van der Waals surface area contributed by atoms with E-state index < -0.39 is 0 Å². The molecule has 2 aliphatic heterocycles. The molecule has 0 N–H and O–H groups in total. The predicted octanol–water partition coefficient (Wildman–Crippen LogP) is 2.73. The molecule has 17 heavy (non-hydrogen) atoms. The van der Waals surface area contributed by atoms with Gasteiger partial charge in [0.05, 0.1) is 0 Å². The van der Waals surface area contributed by atoms with Crippen molar-refractivity contribution < 1.29 is 4.79 Å². The van der Waals surface area contributed by atoms with Crippen molar-refractivity contribution in [2.75, 3.05) is 11.4 Å². The van der Waals surface area contributed by atoms with E-state index in [9.17, 15) is 4.79 Å². The number of hydrogen-bond donors (Lipinski definition) is 0. The van der Waals surface area contributed by atoms with Crippen LogP contribution in [0.5, 0.6) is 0 Å². The third kappa shape index (κ3) is 1.67. The van der Waals surface area contributed by atoms with Crippen LogP contribution in [0.25, 0.3) is 0 Å². The molecule has 2 heteroatoms. The zero-order chi connectivity index (χ0) is 12.0. The molecule has 0 spiro atoms. The zero-order valence-corrected chi connectivity index (χ0v) is 10.6. The number of rotatable bonds is 0. The third-order valence-electron chi connectivity index (χ3n) is 4.34. The Morgan fingerprint density at radius 2 is 2.12 bits per heavy atom. The number of benzene rings is 1. The van der Waals surface area contributed by atoms with Crippen LogP contribution in [0.2, 0.25) is 0 Å². The fourth-order valence-corrected chi connectivity index (χ4v) is 3.31. The van der Waals surface area contributed by atoms with Crippen LogP contribution in [0, 0.1) is 12.8 Å². The Bertz CT molecular complexity index is 466. The molecule has 0 saturated carbocycles. The summed E-state index contributed by atoms with van der Waals surface area (Å²) in [5.41, 5.74) is 4.16. The number of piperidine rings is 1. The van der Waals surface area contributed by atoms with Crippen LogP contribution >= 0.6 is 0 Å². The van der Waals surface area contributed by atoms with E-state index in [2.05, 4.69) is 36.9 Å². The van der Waals surface area contributed by atoms with Crippen molar-refractivity contribution in [1.29, 1.82) is 0 Å². The lowest BCUT2D eigenvalue weighted by Crippen LogP contribution is -2.50. The van der Waals surface area contributed by atoms with Crippen molar-refractivity contribution in [3.63, 3.8) is 0 Å². The van der Waals surface area contributed by atoms with E-state index in [1.807, 2.05) is 0 Å². The van der Waals surface area contributed by atoms with Crippen molar-refractivity contribution in [3.8, 4) is 0 Å². The number of nitrogens with zero attached hydrogens (tertiary/aromatic N) is 1. The van der Waals surface area contributed by atoms with Crippen LogP contribution in [-0.2, 0) is 11.2 Å². The Hall–Kier alpha value is -1.31. The van der Waals surface area contributed by atoms with E-state index in [4.69, 9.17) is 0 Å². The zero-order valence-electron chi connectivity index (χ0n) is 10.6. The maximum atomic E-state index is 11.8. The second-order valence-corrected chi connectivity index (χ2v) is 5.44. The van der Waals surface area contributed by atoms with Crippen molar-refractivity contribution in [1.82, 2.24) is 0 Å². The first-order valence-corrected chi connectivity index (χ1v) is 6.55. The van der Waals surface area contributed by atoms with Gasteiger partial charge >= 0.3 is 0 Å². The summed E-state index contributed by atoms with van der Waals surface area (Å²) < 4.78 is 0. The molecule has 1 aromatic carbocycles. The minimum atomic E-state index is 0.207. The van der Waals surface area contributed by atoms with Gasteiger partial charge in [-0.15, -0.1) is 0 Å². The van der Waals surface area contributed by atoms with Gasteiger partial charge in [-0.05, 0) is 31.4 Å². The standard InChI is InChI=1S/C15H19NO/c1-10-3-5-14-12(9-10)4-6-13-11(2)15(17)7-8-16(13)14/h3,5,9,11,13H,4,6-8H2,1-2H3/t11-,13-/m0/s1. The summed E-state index contributed by atoms with van der Waals surface area (Å²) in [7, 11) is 0. The number of carbonyl (C=O) groups excluding carboxylic acids is 1. The summed E-state index contributed by atoms with van der Waals surface area (Å²) >= 11 is 0. The van der Waals surface area contributed by atoms with Gasteiger partial charge in [0, 0.05) is 30.6 Å². The average Bonchev–Trinajstić information content (AvgIpc) is 2.33. The van der Waals surface area contributed by atoms with Gasteiger partial charge in [-0.3, -0.25) is 4.79 Å². The van der Waals surface area contributed by atoms with E-state index >= 15 is 0 Å². The van der Waals surface area contributed by atoms with Gasteiger partial charge in [-0.25, -0.2) is 0 Å². The molecule has 0 amide bonds. The highest BCUT2D eigenvalue weighted by Gasteiger charge is 2.36.